The number of hydrogen-bond acceptors (Lipinski definition) is 4. The molecule has 1 aliphatic carbocycles. The first-order chi connectivity index (χ1) is 14.5. The van der Waals surface area contributed by atoms with E-state index in [4.69, 9.17) is 0 Å². The van der Waals surface area contributed by atoms with Crippen LogP contribution >= 0.6 is 0 Å². The van der Waals surface area contributed by atoms with Crippen LogP contribution in [0.1, 0.15) is 29.8 Å². The quantitative estimate of drug-likeness (QED) is 0.631. The normalized spacial score (nSPS) is 18.3. The second kappa shape index (κ2) is 7.58. The molecular formula is C22H24F3N5. The molecule has 0 unspecified atom stereocenters. The molecule has 0 amide bonds. The molecule has 1 aromatic carbocycles. The Morgan fingerprint density at radius 1 is 0.933 bits per heavy atom. The summed E-state index contributed by atoms with van der Waals surface area (Å²) in [5.74, 6) is 1.16. The molecule has 5 rings (SSSR count). The van der Waals surface area contributed by atoms with Crippen molar-refractivity contribution in [2.24, 2.45) is 5.92 Å². The summed E-state index contributed by atoms with van der Waals surface area (Å²) in [5.41, 5.74) is 0.707. The highest BCUT2D eigenvalue weighted by Gasteiger charge is 2.38. The summed E-state index contributed by atoms with van der Waals surface area (Å²) in [6.07, 6.45) is 0.173. The molecule has 30 heavy (non-hydrogen) atoms. The standard InChI is InChI=1S/C22H24F3N5/c23-22(24,25)20-17(8-9-30-19(14-16-6-7-16)26-27-21(20)30)15-28-10-12-29(13-11-28)18-4-2-1-3-5-18/h1-5,8-9,16H,6-7,10-15H2. The first-order valence-corrected chi connectivity index (χ1v) is 10.4. The molecule has 0 N–H and O–H groups in total. The van der Waals surface area contributed by atoms with E-state index in [0.29, 0.717) is 18.2 Å². The van der Waals surface area contributed by atoms with Crippen LogP contribution in [-0.2, 0) is 19.1 Å². The summed E-state index contributed by atoms with van der Waals surface area (Å²) in [6, 6.07) is 11.7. The molecule has 0 bridgehead atoms. The first-order valence-electron chi connectivity index (χ1n) is 10.4. The number of aromatic nitrogens is 3. The third-order valence-corrected chi connectivity index (χ3v) is 6.08. The SMILES string of the molecule is FC(F)(F)c1c(CN2CCN(c3ccccc3)CC2)ccn2c(CC3CC3)nnc12. The summed E-state index contributed by atoms with van der Waals surface area (Å²) in [5, 5.41) is 8.01. The molecule has 5 nitrogen and oxygen atoms in total. The van der Waals surface area contributed by atoms with E-state index in [1.54, 1.807) is 12.3 Å². The van der Waals surface area contributed by atoms with Crippen molar-refractivity contribution in [1.29, 1.82) is 0 Å². The maximum atomic E-state index is 14.0. The zero-order chi connectivity index (χ0) is 20.7. The van der Waals surface area contributed by atoms with Crippen molar-refractivity contribution in [3.8, 4) is 0 Å². The van der Waals surface area contributed by atoms with Crippen LogP contribution in [0, 0.1) is 5.92 Å². The van der Waals surface area contributed by atoms with E-state index in [9.17, 15) is 13.2 Å². The Labute approximate surface area is 173 Å². The van der Waals surface area contributed by atoms with Gasteiger partial charge < -0.3 is 4.90 Å². The number of benzene rings is 1. The number of piperazine rings is 1. The fraction of sp³-hybridized carbons (Fsp3) is 0.455. The molecule has 2 fully saturated rings. The third kappa shape index (κ3) is 3.88. The van der Waals surface area contributed by atoms with Gasteiger partial charge in [-0.05, 0) is 42.5 Å². The Kier molecular flexibility index (Phi) is 4.89. The van der Waals surface area contributed by atoms with E-state index in [-0.39, 0.29) is 17.8 Å². The molecule has 2 aliphatic rings. The lowest BCUT2D eigenvalue weighted by molar-refractivity contribution is -0.137. The lowest BCUT2D eigenvalue weighted by Crippen LogP contribution is -2.46. The van der Waals surface area contributed by atoms with Gasteiger partial charge >= 0.3 is 6.18 Å². The Hall–Kier alpha value is -2.61. The van der Waals surface area contributed by atoms with Crippen molar-refractivity contribution in [1.82, 2.24) is 19.5 Å². The zero-order valence-electron chi connectivity index (χ0n) is 16.6. The van der Waals surface area contributed by atoms with E-state index in [1.165, 1.54) is 4.40 Å². The van der Waals surface area contributed by atoms with Gasteiger partial charge in [0.2, 0.25) is 0 Å². The van der Waals surface area contributed by atoms with Gasteiger partial charge in [-0.3, -0.25) is 9.30 Å². The van der Waals surface area contributed by atoms with Gasteiger partial charge in [-0.2, -0.15) is 13.2 Å². The fourth-order valence-corrected chi connectivity index (χ4v) is 4.25. The Morgan fingerprint density at radius 2 is 1.67 bits per heavy atom. The van der Waals surface area contributed by atoms with Crippen molar-refractivity contribution in [3.05, 3.63) is 59.5 Å². The van der Waals surface area contributed by atoms with E-state index < -0.39 is 11.7 Å². The van der Waals surface area contributed by atoms with Crippen LogP contribution in [0.3, 0.4) is 0 Å². The number of anilines is 1. The molecule has 1 aliphatic heterocycles. The lowest BCUT2D eigenvalue weighted by atomic mass is 10.1. The number of rotatable bonds is 5. The van der Waals surface area contributed by atoms with Crippen molar-refractivity contribution in [2.45, 2.75) is 32.0 Å². The Morgan fingerprint density at radius 3 is 2.33 bits per heavy atom. The molecule has 2 aromatic heterocycles. The van der Waals surface area contributed by atoms with Gasteiger partial charge in [-0.1, -0.05) is 18.2 Å². The third-order valence-electron chi connectivity index (χ3n) is 6.08. The van der Waals surface area contributed by atoms with Crippen LogP contribution in [0.15, 0.2) is 42.6 Å². The molecule has 0 atom stereocenters. The number of hydrogen-bond donors (Lipinski definition) is 0. The van der Waals surface area contributed by atoms with Crippen molar-refractivity contribution < 1.29 is 13.2 Å². The average molecular weight is 415 g/mol. The van der Waals surface area contributed by atoms with Crippen LogP contribution < -0.4 is 4.90 Å². The monoisotopic (exact) mass is 415 g/mol. The van der Waals surface area contributed by atoms with Crippen LogP contribution in [-0.4, -0.2) is 45.7 Å². The van der Waals surface area contributed by atoms with Gasteiger partial charge in [-0.25, -0.2) is 0 Å². The fourth-order valence-electron chi connectivity index (χ4n) is 4.25. The van der Waals surface area contributed by atoms with E-state index in [0.717, 1.165) is 44.7 Å². The van der Waals surface area contributed by atoms with E-state index in [1.807, 2.05) is 18.2 Å². The zero-order valence-corrected chi connectivity index (χ0v) is 16.6. The van der Waals surface area contributed by atoms with Crippen LogP contribution in [0.4, 0.5) is 18.9 Å². The number of halogens is 3. The largest absolute Gasteiger partial charge is 0.420 e. The first kappa shape index (κ1) is 19.4. The lowest BCUT2D eigenvalue weighted by Gasteiger charge is -2.36. The maximum Gasteiger partial charge on any atom is 0.420 e. The summed E-state index contributed by atoms with van der Waals surface area (Å²) in [6.45, 7) is 3.29. The maximum absolute atomic E-state index is 14.0. The summed E-state index contributed by atoms with van der Waals surface area (Å²) >= 11 is 0. The van der Waals surface area contributed by atoms with Crippen molar-refractivity contribution in [3.63, 3.8) is 0 Å². The number of pyridine rings is 1. The minimum absolute atomic E-state index is 0.0708. The van der Waals surface area contributed by atoms with Crippen molar-refractivity contribution >= 4 is 11.3 Å². The Balaban J connectivity index is 1.36. The van der Waals surface area contributed by atoms with E-state index in [2.05, 4.69) is 32.1 Å². The predicted octanol–water partition coefficient (Wildman–Crippen LogP) is 4.02. The Bertz CT molecular complexity index is 1020. The number of nitrogens with zero attached hydrogens (tertiary/aromatic N) is 5. The topological polar surface area (TPSA) is 36.7 Å². The number of alkyl halides is 3. The highest BCUT2D eigenvalue weighted by Crippen LogP contribution is 2.37. The predicted molar refractivity (Wildman–Crippen MR) is 108 cm³/mol. The highest BCUT2D eigenvalue weighted by atomic mass is 19.4. The molecule has 158 valence electrons. The molecular weight excluding hydrogens is 391 g/mol. The van der Waals surface area contributed by atoms with Crippen molar-refractivity contribution in [2.75, 3.05) is 31.1 Å². The van der Waals surface area contributed by atoms with Gasteiger partial charge in [0.15, 0.2) is 5.65 Å². The minimum Gasteiger partial charge on any atom is -0.369 e. The molecule has 8 heteroatoms. The number of fused-ring (bicyclic) bond motifs is 1. The van der Waals surface area contributed by atoms with Gasteiger partial charge in [0.05, 0.1) is 0 Å². The van der Waals surface area contributed by atoms with Gasteiger partial charge in [0, 0.05) is 51.0 Å². The molecule has 3 aromatic rings. The van der Waals surface area contributed by atoms with E-state index >= 15 is 0 Å². The van der Waals surface area contributed by atoms with Crippen LogP contribution in [0.5, 0.6) is 0 Å². The second-order valence-electron chi connectivity index (χ2n) is 8.27. The van der Waals surface area contributed by atoms with Gasteiger partial charge in [-0.15, -0.1) is 10.2 Å². The van der Waals surface area contributed by atoms with Gasteiger partial charge in [0.25, 0.3) is 0 Å². The van der Waals surface area contributed by atoms with Crippen LogP contribution in [0.2, 0.25) is 0 Å². The highest BCUT2D eigenvalue weighted by molar-refractivity contribution is 5.54. The summed E-state index contributed by atoms with van der Waals surface area (Å²) in [7, 11) is 0. The van der Waals surface area contributed by atoms with Crippen LogP contribution in [0.25, 0.3) is 5.65 Å². The smallest absolute Gasteiger partial charge is 0.369 e. The summed E-state index contributed by atoms with van der Waals surface area (Å²) in [4.78, 5) is 4.36. The minimum atomic E-state index is -4.46. The number of para-hydroxylation sites is 1. The van der Waals surface area contributed by atoms with Gasteiger partial charge in [0.1, 0.15) is 11.4 Å². The molecule has 0 radical (unpaired) electrons. The summed E-state index contributed by atoms with van der Waals surface area (Å²) < 4.78 is 43.5. The molecule has 3 heterocycles. The molecule has 1 saturated heterocycles. The molecule has 0 spiro atoms. The second-order valence-corrected chi connectivity index (χ2v) is 8.27. The molecule has 1 saturated carbocycles. The average Bonchev–Trinajstić information content (AvgIpc) is 3.47.